The Labute approximate surface area is 138 Å². The van der Waals surface area contributed by atoms with E-state index >= 15 is 0 Å². The average molecular weight is 332 g/mol. The molecule has 7 heteroatoms. The molecule has 0 saturated carbocycles. The van der Waals surface area contributed by atoms with Crippen molar-refractivity contribution in [2.45, 2.75) is 0 Å². The molecule has 2 aromatic rings. The lowest BCUT2D eigenvalue weighted by Gasteiger charge is -2.26. The molecule has 1 heterocycles. The van der Waals surface area contributed by atoms with Crippen molar-refractivity contribution >= 4 is 40.6 Å². The Morgan fingerprint density at radius 2 is 1.78 bits per heavy atom. The van der Waals surface area contributed by atoms with Gasteiger partial charge < -0.3 is 20.3 Å². The lowest BCUT2D eigenvalue weighted by atomic mass is 10.2. The van der Waals surface area contributed by atoms with Gasteiger partial charge in [0.2, 0.25) is 0 Å². The van der Waals surface area contributed by atoms with Crippen molar-refractivity contribution < 1.29 is 14.3 Å². The number of amides is 3. The fraction of sp³-hybridized carbons (Fsp3) is 0.125. The number of likely N-dealkylation sites (N-methyl/N-ethyl adjacent to an activating group) is 1. The fourth-order valence-corrected chi connectivity index (χ4v) is 2.30. The number of nitrogens with one attached hydrogen (secondary N) is 2. The highest BCUT2D eigenvalue weighted by atomic mass is 35.5. The topological polar surface area (TPSA) is 70.7 Å². The molecule has 0 aliphatic carbocycles. The highest BCUT2D eigenvalue weighted by Crippen LogP contribution is 2.33. The zero-order chi connectivity index (χ0) is 16.4. The normalized spacial score (nSPS) is 13.1. The van der Waals surface area contributed by atoms with Crippen LogP contribution in [0, 0.1) is 0 Å². The van der Waals surface area contributed by atoms with Gasteiger partial charge in [0.1, 0.15) is 5.75 Å². The summed E-state index contributed by atoms with van der Waals surface area (Å²) in [5, 5.41) is 6.01. The smallest absolute Gasteiger partial charge is 0.323 e. The van der Waals surface area contributed by atoms with Crippen LogP contribution in [-0.2, 0) is 4.79 Å². The Balaban J connectivity index is 1.71. The lowest BCUT2D eigenvalue weighted by Crippen LogP contribution is -2.35. The van der Waals surface area contributed by atoms with Gasteiger partial charge in [0, 0.05) is 23.4 Å². The zero-order valence-corrected chi connectivity index (χ0v) is 13.1. The van der Waals surface area contributed by atoms with E-state index in [0.29, 0.717) is 27.8 Å². The van der Waals surface area contributed by atoms with E-state index in [0.717, 1.165) is 0 Å². The first-order valence-corrected chi connectivity index (χ1v) is 7.28. The number of hydrogen-bond acceptors (Lipinski definition) is 3. The van der Waals surface area contributed by atoms with Gasteiger partial charge in [-0.1, -0.05) is 11.6 Å². The second kappa shape index (κ2) is 6.18. The molecule has 0 unspecified atom stereocenters. The van der Waals surface area contributed by atoms with E-state index in [1.807, 2.05) is 0 Å². The van der Waals surface area contributed by atoms with Crippen molar-refractivity contribution in [2.24, 2.45) is 0 Å². The maximum absolute atomic E-state index is 12.0. The maximum Gasteiger partial charge on any atom is 0.323 e. The summed E-state index contributed by atoms with van der Waals surface area (Å²) in [5.74, 6) is 0.469. The first-order chi connectivity index (χ1) is 11.0. The Morgan fingerprint density at radius 1 is 1.13 bits per heavy atom. The van der Waals surface area contributed by atoms with Crippen LogP contribution < -0.4 is 20.3 Å². The van der Waals surface area contributed by atoms with Crippen LogP contribution in [0.3, 0.4) is 0 Å². The average Bonchev–Trinajstić information content (AvgIpc) is 2.53. The zero-order valence-electron chi connectivity index (χ0n) is 12.3. The number of urea groups is 1. The van der Waals surface area contributed by atoms with E-state index in [9.17, 15) is 9.59 Å². The van der Waals surface area contributed by atoms with Gasteiger partial charge in [-0.2, -0.15) is 0 Å². The maximum atomic E-state index is 12.0. The Bertz CT molecular complexity index is 762. The van der Waals surface area contributed by atoms with Gasteiger partial charge >= 0.3 is 6.03 Å². The molecule has 3 amide bonds. The first kappa shape index (κ1) is 15.2. The van der Waals surface area contributed by atoms with Crippen LogP contribution in [0.5, 0.6) is 5.75 Å². The third kappa shape index (κ3) is 3.37. The highest BCUT2D eigenvalue weighted by Gasteiger charge is 2.22. The number of carbonyl (C=O) groups excluding carboxylic acids is 2. The summed E-state index contributed by atoms with van der Waals surface area (Å²) in [5.41, 5.74) is 1.80. The Kier molecular flexibility index (Phi) is 4.08. The minimum atomic E-state index is -0.391. The third-order valence-corrected chi connectivity index (χ3v) is 3.66. The molecule has 0 atom stereocenters. The van der Waals surface area contributed by atoms with Gasteiger partial charge in [-0.15, -0.1) is 0 Å². The van der Waals surface area contributed by atoms with Gasteiger partial charge in [-0.25, -0.2) is 4.79 Å². The molecular formula is C16H14ClN3O3. The van der Waals surface area contributed by atoms with Crippen LogP contribution in [0.1, 0.15) is 0 Å². The molecule has 0 spiro atoms. The molecule has 1 aliphatic rings. The molecule has 2 aromatic carbocycles. The van der Waals surface area contributed by atoms with Crippen molar-refractivity contribution in [3.05, 3.63) is 47.5 Å². The summed E-state index contributed by atoms with van der Waals surface area (Å²) in [6, 6.07) is 11.5. The number of rotatable bonds is 2. The number of anilines is 3. The second-order valence-corrected chi connectivity index (χ2v) is 5.45. The Morgan fingerprint density at radius 3 is 2.52 bits per heavy atom. The number of carbonyl (C=O) groups is 2. The van der Waals surface area contributed by atoms with Crippen LogP contribution >= 0.6 is 11.6 Å². The number of halogens is 1. The van der Waals surface area contributed by atoms with Gasteiger partial charge in [-0.05, 0) is 42.5 Å². The molecular weight excluding hydrogens is 318 g/mol. The molecule has 3 rings (SSSR count). The van der Waals surface area contributed by atoms with Crippen LogP contribution in [0.2, 0.25) is 5.02 Å². The lowest BCUT2D eigenvalue weighted by molar-refractivity contribution is -0.120. The van der Waals surface area contributed by atoms with E-state index in [4.69, 9.17) is 16.3 Å². The summed E-state index contributed by atoms with van der Waals surface area (Å²) < 4.78 is 5.34. The third-order valence-electron chi connectivity index (χ3n) is 3.41. The van der Waals surface area contributed by atoms with E-state index in [2.05, 4.69) is 10.6 Å². The summed E-state index contributed by atoms with van der Waals surface area (Å²) in [6.45, 7) is 0.0212. The van der Waals surface area contributed by atoms with Crippen LogP contribution in [0.4, 0.5) is 21.9 Å². The summed E-state index contributed by atoms with van der Waals surface area (Å²) >= 11 is 5.80. The number of benzene rings is 2. The van der Waals surface area contributed by atoms with Crippen LogP contribution in [0.25, 0.3) is 0 Å². The van der Waals surface area contributed by atoms with Crippen LogP contribution in [0.15, 0.2) is 42.5 Å². The molecule has 118 valence electrons. The molecule has 0 bridgehead atoms. The molecule has 23 heavy (non-hydrogen) atoms. The van der Waals surface area contributed by atoms with Gasteiger partial charge in [-0.3, -0.25) is 4.79 Å². The van der Waals surface area contributed by atoms with Crippen molar-refractivity contribution in [3.8, 4) is 5.75 Å². The summed E-state index contributed by atoms with van der Waals surface area (Å²) in [4.78, 5) is 25.2. The minimum Gasteiger partial charge on any atom is -0.482 e. The molecule has 1 aliphatic heterocycles. The SMILES string of the molecule is CN1C(=O)COc2ccc(NC(=O)Nc3ccc(Cl)cc3)cc21. The van der Waals surface area contributed by atoms with Gasteiger partial charge in [0.05, 0.1) is 5.69 Å². The number of nitrogens with zero attached hydrogens (tertiary/aromatic N) is 1. The molecule has 0 radical (unpaired) electrons. The van der Waals surface area contributed by atoms with Gasteiger partial charge in [0.15, 0.2) is 6.61 Å². The molecule has 2 N–H and O–H groups in total. The van der Waals surface area contributed by atoms with E-state index in [-0.39, 0.29) is 12.5 Å². The largest absolute Gasteiger partial charge is 0.482 e. The van der Waals surface area contributed by atoms with E-state index < -0.39 is 6.03 Å². The van der Waals surface area contributed by atoms with Gasteiger partial charge in [0.25, 0.3) is 5.91 Å². The van der Waals surface area contributed by atoms with Crippen molar-refractivity contribution in [3.63, 3.8) is 0 Å². The minimum absolute atomic E-state index is 0.0212. The second-order valence-electron chi connectivity index (χ2n) is 5.01. The Hall–Kier alpha value is -2.73. The quantitative estimate of drug-likeness (QED) is 0.886. The first-order valence-electron chi connectivity index (χ1n) is 6.90. The highest BCUT2D eigenvalue weighted by molar-refractivity contribution is 6.30. The number of hydrogen-bond donors (Lipinski definition) is 2. The molecule has 0 saturated heterocycles. The predicted molar refractivity (Wildman–Crippen MR) is 89.4 cm³/mol. The van der Waals surface area contributed by atoms with E-state index in [1.165, 1.54) is 4.90 Å². The van der Waals surface area contributed by atoms with Crippen molar-refractivity contribution in [1.29, 1.82) is 0 Å². The molecule has 0 fully saturated rings. The van der Waals surface area contributed by atoms with E-state index in [1.54, 1.807) is 49.5 Å². The molecule has 6 nitrogen and oxygen atoms in total. The number of ether oxygens (including phenoxy) is 1. The monoisotopic (exact) mass is 331 g/mol. The summed E-state index contributed by atoms with van der Waals surface area (Å²) in [7, 11) is 1.67. The van der Waals surface area contributed by atoms with Crippen LogP contribution in [-0.4, -0.2) is 25.6 Å². The predicted octanol–water partition coefficient (Wildman–Crippen LogP) is 3.34. The van der Waals surface area contributed by atoms with Crippen molar-refractivity contribution in [2.75, 3.05) is 29.2 Å². The molecule has 0 aromatic heterocycles. The summed E-state index contributed by atoms with van der Waals surface area (Å²) in [6.07, 6.45) is 0. The fourth-order valence-electron chi connectivity index (χ4n) is 2.18. The number of fused-ring (bicyclic) bond motifs is 1. The van der Waals surface area contributed by atoms with Crippen molar-refractivity contribution in [1.82, 2.24) is 0 Å². The standard InChI is InChI=1S/C16H14ClN3O3/c1-20-13-8-12(6-7-14(13)23-9-15(20)21)19-16(22)18-11-4-2-10(17)3-5-11/h2-8H,9H2,1H3,(H2,18,19,22).